The Kier molecular flexibility index (Phi) is 3.66. The van der Waals surface area contributed by atoms with E-state index in [0.717, 1.165) is 0 Å². The molecule has 0 aromatic heterocycles. The molecule has 0 nitrogen and oxygen atoms in total. The van der Waals surface area contributed by atoms with E-state index in [-0.39, 0.29) is 20.3 Å². The van der Waals surface area contributed by atoms with Gasteiger partial charge in [0.15, 0.2) is 0 Å². The van der Waals surface area contributed by atoms with E-state index < -0.39 is 0 Å². The van der Waals surface area contributed by atoms with Crippen molar-refractivity contribution in [2.45, 2.75) is 19.3 Å². The fourth-order valence-electron chi connectivity index (χ4n) is 1.37. The summed E-state index contributed by atoms with van der Waals surface area (Å²) in [5.74, 6) is 0. The van der Waals surface area contributed by atoms with E-state index in [2.05, 4.69) is 36.4 Å². The van der Waals surface area contributed by atoms with Crippen molar-refractivity contribution < 1.29 is 20.3 Å². The molecule has 0 fully saturated rings. The zero-order valence-corrected chi connectivity index (χ0v) is 7.59. The second-order valence-electron chi connectivity index (χ2n) is 3.06. The van der Waals surface area contributed by atoms with E-state index >= 15 is 0 Å². The summed E-state index contributed by atoms with van der Waals surface area (Å²) in [5, 5.41) is 0. The zero-order valence-electron chi connectivity index (χ0n) is 8.59. The average molecular weight is 152 g/mol. The van der Waals surface area contributed by atoms with Crippen LogP contribution in [0.2, 0.25) is 0 Å². The normalized spacial score (nSPS) is 14.2. The van der Waals surface area contributed by atoms with E-state index in [9.17, 15) is 0 Å². The standard InChI is InChI=1S/C11H12.Li.H/c1-2-5-10(6-3-1)9-11-7-4-8-11;;/h1-3,5-7H,4,8-9H2;;/q;+1;-1. The van der Waals surface area contributed by atoms with E-state index in [1.165, 1.54) is 24.8 Å². The molecule has 0 saturated heterocycles. The molecule has 0 heterocycles. The minimum Gasteiger partial charge on any atom is -1.00 e. The number of allylic oxidation sites excluding steroid dienone is 2. The first-order valence-electron chi connectivity index (χ1n) is 4.17. The fourth-order valence-corrected chi connectivity index (χ4v) is 1.37. The molecule has 0 saturated carbocycles. The molecule has 1 aliphatic rings. The first-order chi connectivity index (χ1) is 5.45. The summed E-state index contributed by atoms with van der Waals surface area (Å²) in [5.41, 5.74) is 3.05. The van der Waals surface area contributed by atoms with E-state index in [1.54, 1.807) is 5.57 Å². The summed E-state index contributed by atoms with van der Waals surface area (Å²) in [4.78, 5) is 0. The average Bonchev–Trinajstić information content (AvgIpc) is 1.99. The van der Waals surface area contributed by atoms with Crippen molar-refractivity contribution in [3.8, 4) is 0 Å². The molecule has 0 amide bonds. The van der Waals surface area contributed by atoms with Crippen LogP contribution in [0.4, 0.5) is 0 Å². The topological polar surface area (TPSA) is 0 Å². The third-order valence-electron chi connectivity index (χ3n) is 2.17. The quantitative estimate of drug-likeness (QED) is 0.415. The second-order valence-corrected chi connectivity index (χ2v) is 3.06. The molecule has 0 unspecified atom stereocenters. The van der Waals surface area contributed by atoms with Gasteiger partial charge in [-0.1, -0.05) is 42.0 Å². The van der Waals surface area contributed by atoms with Crippen molar-refractivity contribution in [1.82, 2.24) is 0 Å². The van der Waals surface area contributed by atoms with Crippen molar-refractivity contribution in [1.29, 1.82) is 0 Å². The van der Waals surface area contributed by atoms with Gasteiger partial charge in [-0.25, -0.2) is 0 Å². The first kappa shape index (κ1) is 9.64. The zero-order chi connectivity index (χ0) is 7.52. The molecule has 2 rings (SSSR count). The molecule has 0 aliphatic heterocycles. The van der Waals surface area contributed by atoms with Gasteiger partial charge in [-0.2, -0.15) is 0 Å². The van der Waals surface area contributed by atoms with Gasteiger partial charge in [-0.15, -0.1) is 0 Å². The summed E-state index contributed by atoms with van der Waals surface area (Å²) >= 11 is 0. The Hall–Kier alpha value is -0.443. The molecule has 0 bridgehead atoms. The Bertz CT molecular complexity index is 267. The maximum absolute atomic E-state index is 2.34. The summed E-state index contributed by atoms with van der Waals surface area (Å²) in [7, 11) is 0. The second kappa shape index (κ2) is 4.55. The SMILES string of the molecule is C1=C(Cc2ccccc2)CC1.[H-].[Li+]. The summed E-state index contributed by atoms with van der Waals surface area (Å²) in [6.45, 7) is 0. The van der Waals surface area contributed by atoms with Crippen molar-refractivity contribution in [2.24, 2.45) is 0 Å². The van der Waals surface area contributed by atoms with Gasteiger partial charge >= 0.3 is 18.9 Å². The van der Waals surface area contributed by atoms with Crippen LogP contribution in [0.15, 0.2) is 42.0 Å². The molecule has 1 aliphatic carbocycles. The maximum Gasteiger partial charge on any atom is 1.00 e. The van der Waals surface area contributed by atoms with Crippen LogP contribution in [0.1, 0.15) is 19.8 Å². The van der Waals surface area contributed by atoms with Crippen LogP contribution in [-0.2, 0) is 6.42 Å². The molecule has 0 spiro atoms. The van der Waals surface area contributed by atoms with Crippen LogP contribution in [0.25, 0.3) is 0 Å². The van der Waals surface area contributed by atoms with Crippen LogP contribution in [-0.4, -0.2) is 0 Å². The molecule has 12 heavy (non-hydrogen) atoms. The van der Waals surface area contributed by atoms with E-state index in [1.807, 2.05) is 0 Å². The fraction of sp³-hybridized carbons (Fsp3) is 0.273. The largest absolute Gasteiger partial charge is 1.00 e. The van der Waals surface area contributed by atoms with Gasteiger partial charge in [0.05, 0.1) is 0 Å². The van der Waals surface area contributed by atoms with Crippen LogP contribution in [0.5, 0.6) is 0 Å². The molecule has 1 aromatic rings. The molecular weight excluding hydrogens is 139 g/mol. The predicted octanol–water partition coefficient (Wildman–Crippen LogP) is 0.0658. The Morgan fingerprint density at radius 3 is 2.33 bits per heavy atom. The summed E-state index contributed by atoms with van der Waals surface area (Å²) in [6, 6.07) is 10.7. The van der Waals surface area contributed by atoms with Crippen molar-refractivity contribution in [3.63, 3.8) is 0 Å². The van der Waals surface area contributed by atoms with Crippen molar-refractivity contribution in [3.05, 3.63) is 47.5 Å². The molecule has 1 aromatic carbocycles. The van der Waals surface area contributed by atoms with Gasteiger partial charge in [0, 0.05) is 0 Å². The predicted molar refractivity (Wildman–Crippen MR) is 48.6 cm³/mol. The Labute approximate surface area is 87.3 Å². The number of rotatable bonds is 2. The Balaban J connectivity index is 0.000000720. The Morgan fingerprint density at radius 2 is 1.83 bits per heavy atom. The minimum absolute atomic E-state index is 0. The molecule has 0 N–H and O–H groups in total. The Morgan fingerprint density at radius 1 is 1.17 bits per heavy atom. The third-order valence-corrected chi connectivity index (χ3v) is 2.17. The number of benzene rings is 1. The number of hydrogen-bond acceptors (Lipinski definition) is 0. The third kappa shape index (κ3) is 2.27. The summed E-state index contributed by atoms with van der Waals surface area (Å²) in [6.07, 6.45) is 6.12. The van der Waals surface area contributed by atoms with Gasteiger partial charge in [-0.3, -0.25) is 0 Å². The van der Waals surface area contributed by atoms with Gasteiger partial charge in [0.1, 0.15) is 0 Å². The first-order valence-corrected chi connectivity index (χ1v) is 4.17. The van der Waals surface area contributed by atoms with Crippen LogP contribution in [0.3, 0.4) is 0 Å². The van der Waals surface area contributed by atoms with Gasteiger partial charge in [0.25, 0.3) is 0 Å². The molecule has 0 atom stereocenters. The van der Waals surface area contributed by atoms with Crippen molar-refractivity contribution >= 4 is 0 Å². The van der Waals surface area contributed by atoms with E-state index in [4.69, 9.17) is 0 Å². The van der Waals surface area contributed by atoms with Crippen LogP contribution >= 0.6 is 0 Å². The van der Waals surface area contributed by atoms with Gasteiger partial charge in [0.2, 0.25) is 0 Å². The smallest absolute Gasteiger partial charge is 1.00 e. The maximum atomic E-state index is 2.34. The van der Waals surface area contributed by atoms with Gasteiger partial charge < -0.3 is 1.43 Å². The van der Waals surface area contributed by atoms with Gasteiger partial charge in [-0.05, 0) is 24.8 Å². The van der Waals surface area contributed by atoms with Crippen molar-refractivity contribution in [2.75, 3.05) is 0 Å². The molecule has 0 radical (unpaired) electrons. The molecular formula is C11H13Li. The van der Waals surface area contributed by atoms with E-state index in [0.29, 0.717) is 0 Å². The van der Waals surface area contributed by atoms with Crippen LogP contribution in [0, 0.1) is 0 Å². The number of hydrogen-bond donors (Lipinski definition) is 0. The minimum atomic E-state index is 0. The summed E-state index contributed by atoms with van der Waals surface area (Å²) < 4.78 is 0. The monoisotopic (exact) mass is 152 g/mol. The molecule has 1 heteroatoms. The van der Waals surface area contributed by atoms with Crippen LogP contribution < -0.4 is 18.9 Å². The molecule has 58 valence electrons.